The standard InChI is InChI=1S/C15H15N5O4/c1-8-2-3-13(24-8)10-5-11(20-19-10)14(21)18-12(15(22)23)4-9-6-16-7-17-9/h2-3,5-7,12H,4H2,1H3,(H,16,17)(H,18,21)(H,19,20)(H,22,23)/t12-/m0/s1. The lowest BCUT2D eigenvalue weighted by Gasteiger charge is -2.12. The number of aryl methyl sites for hydroxylation is 1. The summed E-state index contributed by atoms with van der Waals surface area (Å²) in [6.07, 6.45) is 3.05. The normalized spacial score (nSPS) is 12.0. The third kappa shape index (κ3) is 3.35. The molecule has 0 bridgehead atoms. The predicted molar refractivity (Wildman–Crippen MR) is 82.2 cm³/mol. The van der Waals surface area contributed by atoms with E-state index in [0.717, 1.165) is 5.76 Å². The molecule has 9 nitrogen and oxygen atoms in total. The van der Waals surface area contributed by atoms with Crippen LogP contribution in [0.5, 0.6) is 0 Å². The molecule has 0 fully saturated rings. The third-order valence-corrected chi connectivity index (χ3v) is 3.40. The summed E-state index contributed by atoms with van der Waals surface area (Å²) < 4.78 is 5.44. The van der Waals surface area contributed by atoms with Gasteiger partial charge in [-0.25, -0.2) is 9.78 Å². The Morgan fingerprint density at radius 3 is 2.88 bits per heavy atom. The first kappa shape index (κ1) is 15.5. The molecule has 1 amide bonds. The highest BCUT2D eigenvalue weighted by Gasteiger charge is 2.23. The van der Waals surface area contributed by atoms with Crippen molar-refractivity contribution in [3.05, 3.63) is 47.9 Å². The Bertz CT molecular complexity index is 849. The molecule has 4 N–H and O–H groups in total. The number of aliphatic carboxylic acids is 1. The predicted octanol–water partition coefficient (Wildman–Crippen LogP) is 1.13. The molecule has 0 aliphatic heterocycles. The molecule has 0 radical (unpaired) electrons. The van der Waals surface area contributed by atoms with Crippen LogP contribution in [0.2, 0.25) is 0 Å². The Morgan fingerprint density at radius 2 is 2.25 bits per heavy atom. The van der Waals surface area contributed by atoms with Crippen LogP contribution in [0.3, 0.4) is 0 Å². The molecule has 0 aromatic carbocycles. The van der Waals surface area contributed by atoms with Gasteiger partial charge in [-0.05, 0) is 19.1 Å². The van der Waals surface area contributed by atoms with Gasteiger partial charge < -0.3 is 19.8 Å². The first-order valence-electron chi connectivity index (χ1n) is 7.16. The molecule has 0 saturated carbocycles. The van der Waals surface area contributed by atoms with Crippen molar-refractivity contribution in [3.8, 4) is 11.5 Å². The van der Waals surface area contributed by atoms with Gasteiger partial charge in [0.1, 0.15) is 17.5 Å². The van der Waals surface area contributed by atoms with E-state index in [-0.39, 0.29) is 12.1 Å². The fraction of sp³-hybridized carbons (Fsp3) is 0.200. The number of amides is 1. The van der Waals surface area contributed by atoms with E-state index in [0.29, 0.717) is 17.1 Å². The van der Waals surface area contributed by atoms with Crippen molar-refractivity contribution >= 4 is 11.9 Å². The van der Waals surface area contributed by atoms with Crippen molar-refractivity contribution < 1.29 is 19.1 Å². The van der Waals surface area contributed by atoms with E-state index in [9.17, 15) is 14.7 Å². The van der Waals surface area contributed by atoms with Crippen LogP contribution in [0.1, 0.15) is 21.9 Å². The highest BCUT2D eigenvalue weighted by atomic mass is 16.4. The number of aromatic nitrogens is 4. The van der Waals surface area contributed by atoms with E-state index in [1.807, 2.05) is 0 Å². The van der Waals surface area contributed by atoms with E-state index in [1.54, 1.807) is 19.1 Å². The average molecular weight is 329 g/mol. The van der Waals surface area contributed by atoms with Crippen LogP contribution in [0, 0.1) is 6.92 Å². The lowest BCUT2D eigenvalue weighted by molar-refractivity contribution is -0.139. The quantitative estimate of drug-likeness (QED) is 0.535. The molecule has 0 spiro atoms. The second-order valence-corrected chi connectivity index (χ2v) is 5.22. The van der Waals surface area contributed by atoms with Crippen molar-refractivity contribution in [2.24, 2.45) is 0 Å². The van der Waals surface area contributed by atoms with Gasteiger partial charge in [-0.2, -0.15) is 5.10 Å². The van der Waals surface area contributed by atoms with E-state index in [4.69, 9.17) is 4.42 Å². The van der Waals surface area contributed by atoms with Gasteiger partial charge in [0.15, 0.2) is 11.5 Å². The van der Waals surface area contributed by atoms with Crippen LogP contribution in [-0.2, 0) is 11.2 Å². The number of furan rings is 1. The molecule has 0 aliphatic carbocycles. The summed E-state index contributed by atoms with van der Waals surface area (Å²) in [5.41, 5.74) is 1.22. The van der Waals surface area contributed by atoms with E-state index in [1.165, 1.54) is 18.6 Å². The molecule has 0 saturated heterocycles. The molecular formula is C15H15N5O4. The summed E-state index contributed by atoms with van der Waals surface area (Å²) in [6, 6.07) is 3.95. The number of hydrogen-bond donors (Lipinski definition) is 4. The molecule has 1 atom stereocenters. The number of imidazole rings is 1. The largest absolute Gasteiger partial charge is 0.480 e. The number of nitrogens with zero attached hydrogens (tertiary/aromatic N) is 2. The zero-order valence-corrected chi connectivity index (χ0v) is 12.7. The Hall–Kier alpha value is -3.36. The SMILES string of the molecule is Cc1ccc(-c2cc(C(=O)N[C@@H](Cc3cnc[nH]3)C(=O)O)n[nH]2)o1. The first-order chi connectivity index (χ1) is 11.5. The van der Waals surface area contributed by atoms with Crippen molar-refractivity contribution in [2.45, 2.75) is 19.4 Å². The smallest absolute Gasteiger partial charge is 0.326 e. The van der Waals surface area contributed by atoms with Crippen molar-refractivity contribution in [1.29, 1.82) is 0 Å². The van der Waals surface area contributed by atoms with Gasteiger partial charge in [-0.15, -0.1) is 0 Å². The van der Waals surface area contributed by atoms with Crippen LogP contribution < -0.4 is 5.32 Å². The topological polar surface area (TPSA) is 137 Å². The van der Waals surface area contributed by atoms with Gasteiger partial charge in [0.2, 0.25) is 0 Å². The Balaban J connectivity index is 1.71. The number of carbonyl (C=O) groups is 2. The number of aromatic amines is 2. The van der Waals surface area contributed by atoms with Crippen LogP contribution in [0.4, 0.5) is 0 Å². The maximum absolute atomic E-state index is 12.2. The minimum atomic E-state index is -1.14. The zero-order chi connectivity index (χ0) is 17.1. The third-order valence-electron chi connectivity index (χ3n) is 3.40. The van der Waals surface area contributed by atoms with E-state index in [2.05, 4.69) is 25.5 Å². The van der Waals surface area contributed by atoms with Gasteiger partial charge in [0.25, 0.3) is 5.91 Å². The van der Waals surface area contributed by atoms with Gasteiger partial charge >= 0.3 is 5.97 Å². The van der Waals surface area contributed by atoms with Gasteiger partial charge in [0.05, 0.1) is 6.33 Å². The minimum absolute atomic E-state index is 0.0786. The number of nitrogens with one attached hydrogen (secondary N) is 3. The number of carboxylic acids is 1. The molecule has 3 aromatic heterocycles. The van der Waals surface area contributed by atoms with Crippen LogP contribution in [-0.4, -0.2) is 43.2 Å². The van der Waals surface area contributed by atoms with E-state index < -0.39 is 17.9 Å². The van der Waals surface area contributed by atoms with Crippen LogP contribution >= 0.6 is 0 Å². The molecule has 0 aliphatic rings. The highest BCUT2D eigenvalue weighted by Crippen LogP contribution is 2.20. The fourth-order valence-electron chi connectivity index (χ4n) is 2.19. The lowest BCUT2D eigenvalue weighted by atomic mass is 10.1. The molecule has 3 rings (SSSR count). The number of rotatable bonds is 6. The second kappa shape index (κ2) is 6.41. The number of carboxylic acid groups (broad SMARTS) is 1. The summed E-state index contributed by atoms with van der Waals surface area (Å²) in [4.78, 5) is 30.2. The minimum Gasteiger partial charge on any atom is -0.480 e. The van der Waals surface area contributed by atoms with Gasteiger partial charge in [0, 0.05) is 24.4 Å². The van der Waals surface area contributed by atoms with Gasteiger partial charge in [-0.1, -0.05) is 0 Å². The van der Waals surface area contributed by atoms with Crippen molar-refractivity contribution in [3.63, 3.8) is 0 Å². The van der Waals surface area contributed by atoms with Crippen LogP contribution in [0.25, 0.3) is 11.5 Å². The van der Waals surface area contributed by atoms with Gasteiger partial charge in [-0.3, -0.25) is 9.89 Å². The zero-order valence-electron chi connectivity index (χ0n) is 12.7. The molecule has 3 heterocycles. The molecule has 9 heteroatoms. The van der Waals surface area contributed by atoms with Crippen molar-refractivity contribution in [1.82, 2.24) is 25.5 Å². The molecule has 24 heavy (non-hydrogen) atoms. The highest BCUT2D eigenvalue weighted by molar-refractivity contribution is 5.95. The summed E-state index contributed by atoms with van der Waals surface area (Å²) in [5, 5.41) is 18.3. The average Bonchev–Trinajstić information content (AvgIpc) is 3.27. The maximum Gasteiger partial charge on any atom is 0.326 e. The Morgan fingerprint density at radius 1 is 1.42 bits per heavy atom. The maximum atomic E-state index is 12.2. The van der Waals surface area contributed by atoms with Crippen molar-refractivity contribution in [2.75, 3.05) is 0 Å². The number of H-pyrrole nitrogens is 2. The first-order valence-corrected chi connectivity index (χ1v) is 7.16. The summed E-state index contributed by atoms with van der Waals surface area (Å²) in [6.45, 7) is 1.81. The summed E-state index contributed by atoms with van der Waals surface area (Å²) >= 11 is 0. The summed E-state index contributed by atoms with van der Waals surface area (Å²) in [5.74, 6) is -0.453. The number of hydrogen-bond acceptors (Lipinski definition) is 5. The molecule has 0 unspecified atom stereocenters. The molecular weight excluding hydrogens is 314 g/mol. The molecule has 3 aromatic rings. The summed E-state index contributed by atoms with van der Waals surface area (Å²) in [7, 11) is 0. The second-order valence-electron chi connectivity index (χ2n) is 5.22. The van der Waals surface area contributed by atoms with Crippen LogP contribution in [0.15, 0.2) is 35.1 Å². The molecule has 124 valence electrons. The Kier molecular flexibility index (Phi) is 4.15. The lowest BCUT2D eigenvalue weighted by Crippen LogP contribution is -2.42. The monoisotopic (exact) mass is 329 g/mol. The van der Waals surface area contributed by atoms with E-state index >= 15 is 0 Å². The number of carbonyl (C=O) groups excluding carboxylic acids is 1. The Labute approximate surface area is 136 Å². The fourth-order valence-corrected chi connectivity index (χ4v) is 2.19.